The quantitative estimate of drug-likeness (QED) is 0.395. The number of alkyl halides is 3. The maximum Gasteiger partial charge on any atom is 0.418 e. The van der Waals surface area contributed by atoms with Crippen LogP contribution in [0.4, 0.5) is 13.2 Å². The minimum Gasteiger partial charge on any atom is -0.280 e. The number of carbonyl (C=O) groups is 2. The summed E-state index contributed by atoms with van der Waals surface area (Å²) in [5.74, 6) is -0.509. The van der Waals surface area contributed by atoms with Gasteiger partial charge in [0.25, 0.3) is 11.8 Å². The highest BCUT2D eigenvalue weighted by Crippen LogP contribution is 2.38. The van der Waals surface area contributed by atoms with E-state index in [0.29, 0.717) is 22.5 Å². The average Bonchev–Trinajstić information content (AvgIpc) is 3.34. The van der Waals surface area contributed by atoms with Crippen molar-refractivity contribution in [2.45, 2.75) is 19.1 Å². The highest BCUT2D eigenvalue weighted by molar-refractivity contribution is 6.21. The predicted octanol–water partition coefficient (Wildman–Crippen LogP) is 3.87. The zero-order valence-corrected chi connectivity index (χ0v) is 19.1. The number of imide groups is 1. The summed E-state index contributed by atoms with van der Waals surface area (Å²) in [5.41, 5.74) is 0.520. The number of para-hydroxylation sites is 1. The van der Waals surface area contributed by atoms with Crippen molar-refractivity contribution in [1.29, 1.82) is 0 Å². The van der Waals surface area contributed by atoms with E-state index < -0.39 is 23.6 Å². The fourth-order valence-corrected chi connectivity index (χ4v) is 4.69. The van der Waals surface area contributed by atoms with Gasteiger partial charge in [-0.3, -0.25) is 29.0 Å². The molecular weight excluding hydrogens is 485 g/mol. The summed E-state index contributed by atoms with van der Waals surface area (Å²) in [7, 11) is 0. The monoisotopic (exact) mass is 502 g/mol. The lowest BCUT2D eigenvalue weighted by atomic mass is 9.99. The number of fused-ring (bicyclic) bond motifs is 4. The summed E-state index contributed by atoms with van der Waals surface area (Å²) in [4.78, 5) is 35.5. The van der Waals surface area contributed by atoms with E-state index in [-0.39, 0.29) is 42.4 Å². The zero-order valence-electron chi connectivity index (χ0n) is 19.1. The van der Waals surface area contributed by atoms with Gasteiger partial charge in [-0.1, -0.05) is 30.3 Å². The average molecular weight is 502 g/mol. The maximum atomic E-state index is 14.2. The maximum absolute atomic E-state index is 14.2. The van der Waals surface area contributed by atoms with E-state index in [4.69, 9.17) is 0 Å². The summed E-state index contributed by atoms with van der Waals surface area (Å²) in [6.45, 7) is -0.0974. The smallest absolute Gasteiger partial charge is 0.280 e. The minimum atomic E-state index is -4.67. The van der Waals surface area contributed by atoms with E-state index in [0.717, 1.165) is 11.0 Å². The number of aliphatic imine (C=N–C) groups is 1. The molecule has 2 amide bonds. The van der Waals surface area contributed by atoms with Crippen LogP contribution < -0.4 is 0 Å². The van der Waals surface area contributed by atoms with Crippen molar-refractivity contribution in [2.24, 2.45) is 4.99 Å². The Morgan fingerprint density at radius 2 is 1.54 bits per heavy atom. The first kappa shape index (κ1) is 22.8. The molecule has 0 fully saturated rings. The lowest BCUT2D eigenvalue weighted by Gasteiger charge is -2.20. The fourth-order valence-electron chi connectivity index (χ4n) is 4.69. The van der Waals surface area contributed by atoms with Gasteiger partial charge in [0, 0.05) is 24.7 Å². The van der Waals surface area contributed by atoms with Gasteiger partial charge in [0.05, 0.1) is 33.8 Å². The van der Waals surface area contributed by atoms with E-state index in [2.05, 4.69) is 20.2 Å². The van der Waals surface area contributed by atoms with Gasteiger partial charge in [-0.25, -0.2) is 0 Å². The number of amides is 2. The van der Waals surface area contributed by atoms with Crippen LogP contribution in [0.3, 0.4) is 0 Å². The van der Waals surface area contributed by atoms with Crippen LogP contribution >= 0.6 is 0 Å². The highest BCUT2D eigenvalue weighted by Gasteiger charge is 2.39. The number of rotatable bonds is 4. The Hall–Kier alpha value is -4.67. The molecule has 8 nitrogen and oxygen atoms in total. The van der Waals surface area contributed by atoms with E-state index in [1.807, 2.05) is 0 Å². The Morgan fingerprint density at radius 1 is 0.838 bits per heavy atom. The molecule has 37 heavy (non-hydrogen) atoms. The molecule has 0 unspecified atom stereocenters. The van der Waals surface area contributed by atoms with Gasteiger partial charge < -0.3 is 0 Å². The molecule has 2 aliphatic rings. The zero-order chi connectivity index (χ0) is 25.7. The molecule has 0 aliphatic carbocycles. The van der Waals surface area contributed by atoms with Crippen molar-refractivity contribution in [3.8, 4) is 5.69 Å². The van der Waals surface area contributed by atoms with Gasteiger partial charge in [-0.05, 0) is 30.3 Å². The van der Waals surface area contributed by atoms with Gasteiger partial charge in [0.1, 0.15) is 12.4 Å². The Balaban J connectivity index is 1.43. The number of pyridine rings is 1. The Kier molecular flexibility index (Phi) is 5.21. The largest absolute Gasteiger partial charge is 0.418 e. The number of hydrogen-bond acceptors (Lipinski definition) is 6. The molecule has 0 spiro atoms. The second-order valence-corrected chi connectivity index (χ2v) is 8.50. The Labute approximate surface area is 208 Å². The van der Waals surface area contributed by atoms with Crippen LogP contribution in [0.1, 0.15) is 49.2 Å². The standard InChI is InChI=1S/C26H17F3N6O2/c27-26(28,29)18-9-5-8-17-22(19-10-3-4-12-30-19)31-14-21-33-32-20(35(21)23(17)18)11-13-34-24(36)15-6-1-2-7-16(15)25(34)37/h1-10,12H,11,13-14H2. The van der Waals surface area contributed by atoms with Crippen LogP contribution in [0.25, 0.3) is 5.69 Å². The molecular formula is C26H17F3N6O2. The number of halogens is 3. The third-order valence-corrected chi connectivity index (χ3v) is 6.34. The van der Waals surface area contributed by atoms with E-state index in [1.165, 1.54) is 10.6 Å². The van der Waals surface area contributed by atoms with Crippen molar-refractivity contribution in [3.63, 3.8) is 0 Å². The third-order valence-electron chi connectivity index (χ3n) is 6.34. The van der Waals surface area contributed by atoms with Crippen molar-refractivity contribution in [1.82, 2.24) is 24.6 Å². The molecule has 0 radical (unpaired) electrons. The van der Waals surface area contributed by atoms with Crippen LogP contribution in [0.5, 0.6) is 0 Å². The minimum absolute atomic E-state index is 0.00300. The first-order valence-electron chi connectivity index (χ1n) is 11.4. The molecule has 0 atom stereocenters. The molecule has 11 heteroatoms. The molecule has 0 saturated carbocycles. The van der Waals surface area contributed by atoms with Crippen molar-refractivity contribution in [3.05, 3.63) is 106 Å². The first-order valence-corrected chi connectivity index (χ1v) is 11.4. The number of hydrogen-bond donors (Lipinski definition) is 0. The summed E-state index contributed by atoms with van der Waals surface area (Å²) >= 11 is 0. The second-order valence-electron chi connectivity index (χ2n) is 8.50. The molecule has 0 bridgehead atoms. The van der Waals surface area contributed by atoms with E-state index in [1.54, 1.807) is 54.7 Å². The summed E-state index contributed by atoms with van der Waals surface area (Å²) in [6, 6.07) is 15.5. The molecule has 0 N–H and O–H groups in total. The topological polar surface area (TPSA) is 93.3 Å². The lowest BCUT2D eigenvalue weighted by Crippen LogP contribution is -2.32. The number of nitrogens with zero attached hydrogens (tertiary/aromatic N) is 6. The summed E-state index contributed by atoms with van der Waals surface area (Å²) in [6.07, 6.45) is -3.13. The molecule has 2 aliphatic heterocycles. The van der Waals surface area contributed by atoms with E-state index in [9.17, 15) is 22.8 Å². The van der Waals surface area contributed by atoms with Crippen LogP contribution in [0.2, 0.25) is 0 Å². The first-order chi connectivity index (χ1) is 17.8. The molecule has 2 aromatic heterocycles. The van der Waals surface area contributed by atoms with Crippen LogP contribution in [0.15, 0.2) is 71.9 Å². The summed E-state index contributed by atoms with van der Waals surface area (Å²) in [5, 5.41) is 8.25. The van der Waals surface area contributed by atoms with Gasteiger partial charge in [0.2, 0.25) is 0 Å². The van der Waals surface area contributed by atoms with Crippen LogP contribution in [-0.2, 0) is 19.1 Å². The molecule has 0 saturated heterocycles. The predicted molar refractivity (Wildman–Crippen MR) is 125 cm³/mol. The van der Waals surface area contributed by atoms with Crippen molar-refractivity contribution >= 4 is 17.5 Å². The molecule has 2 aromatic carbocycles. The molecule has 6 rings (SSSR count). The van der Waals surface area contributed by atoms with E-state index >= 15 is 0 Å². The van der Waals surface area contributed by atoms with Crippen molar-refractivity contribution < 1.29 is 22.8 Å². The van der Waals surface area contributed by atoms with Crippen LogP contribution in [-0.4, -0.2) is 48.7 Å². The van der Waals surface area contributed by atoms with Crippen molar-refractivity contribution in [2.75, 3.05) is 6.54 Å². The number of benzene rings is 2. The third kappa shape index (κ3) is 3.70. The normalized spacial score (nSPS) is 14.7. The van der Waals surface area contributed by atoms with Gasteiger partial charge in [-0.2, -0.15) is 13.2 Å². The molecule has 184 valence electrons. The molecule has 4 heterocycles. The number of carbonyl (C=O) groups excluding carboxylic acids is 2. The Bertz CT molecular complexity index is 1560. The highest BCUT2D eigenvalue weighted by atomic mass is 19.4. The molecule has 4 aromatic rings. The Morgan fingerprint density at radius 3 is 2.22 bits per heavy atom. The van der Waals surface area contributed by atoms with Gasteiger partial charge in [0.15, 0.2) is 5.82 Å². The second kappa shape index (κ2) is 8.47. The lowest BCUT2D eigenvalue weighted by molar-refractivity contribution is -0.137. The summed E-state index contributed by atoms with van der Waals surface area (Å²) < 4.78 is 44.1. The van der Waals surface area contributed by atoms with Gasteiger partial charge in [-0.15, -0.1) is 10.2 Å². The van der Waals surface area contributed by atoms with Crippen LogP contribution in [0, 0.1) is 0 Å². The SMILES string of the molecule is O=C1c2ccccc2C(=O)N1CCc1nnc2n1-c1c(cccc1C(F)(F)F)C(c1ccccn1)=NC2. The number of aromatic nitrogens is 4. The fraction of sp³-hybridized carbons (Fsp3) is 0.154. The van der Waals surface area contributed by atoms with Gasteiger partial charge >= 0.3 is 6.18 Å².